The van der Waals surface area contributed by atoms with Crippen LogP contribution in [0.3, 0.4) is 0 Å². The van der Waals surface area contributed by atoms with Gasteiger partial charge in [0.15, 0.2) is 0 Å². The van der Waals surface area contributed by atoms with E-state index in [0.717, 1.165) is 23.2 Å². The van der Waals surface area contributed by atoms with Gasteiger partial charge in [-0.1, -0.05) is 37.3 Å². The average molecular weight is 347 g/mol. The molecule has 0 fully saturated rings. The molecule has 0 saturated carbocycles. The van der Waals surface area contributed by atoms with Crippen LogP contribution in [0.15, 0.2) is 42.5 Å². The van der Waals surface area contributed by atoms with Crippen LogP contribution in [0.2, 0.25) is 0 Å². The molecule has 4 nitrogen and oxygen atoms in total. The summed E-state index contributed by atoms with van der Waals surface area (Å²) < 4.78 is 20.0. The molecule has 0 aliphatic carbocycles. The highest BCUT2D eigenvalue weighted by Crippen LogP contribution is 2.34. The highest BCUT2D eigenvalue weighted by molar-refractivity contribution is 5.71. The largest absolute Gasteiger partial charge is 0.395 e. The summed E-state index contributed by atoms with van der Waals surface area (Å²) in [7, 11) is 0. The van der Waals surface area contributed by atoms with Crippen molar-refractivity contribution in [1.29, 1.82) is 0 Å². The number of halogens is 1. The summed E-state index contributed by atoms with van der Waals surface area (Å²) in [6, 6.07) is 12.3. The summed E-state index contributed by atoms with van der Waals surface area (Å²) in [6.45, 7) is 4.16. The summed E-state index contributed by atoms with van der Waals surface area (Å²) in [5.41, 5.74) is 3.01. The van der Waals surface area contributed by atoms with Gasteiger partial charge in [-0.15, -0.1) is 0 Å². The van der Waals surface area contributed by atoms with Crippen molar-refractivity contribution in [3.8, 4) is 11.1 Å². The third-order valence-electron chi connectivity index (χ3n) is 4.04. The van der Waals surface area contributed by atoms with Crippen molar-refractivity contribution in [2.24, 2.45) is 0 Å². The Morgan fingerprint density at radius 1 is 1.16 bits per heavy atom. The van der Waals surface area contributed by atoms with Crippen LogP contribution in [0, 0.1) is 5.82 Å². The Hall–Kier alpha value is -1.95. The van der Waals surface area contributed by atoms with Crippen LogP contribution < -0.4 is 5.32 Å². The fourth-order valence-corrected chi connectivity index (χ4v) is 2.76. The molecule has 5 heteroatoms. The topological polar surface area (TPSA) is 61.7 Å². The molecule has 3 N–H and O–H groups in total. The van der Waals surface area contributed by atoms with E-state index in [9.17, 15) is 9.50 Å². The zero-order chi connectivity index (χ0) is 18.2. The van der Waals surface area contributed by atoms with Crippen molar-refractivity contribution in [3.05, 3.63) is 53.8 Å². The van der Waals surface area contributed by atoms with Crippen LogP contribution in [-0.2, 0) is 4.74 Å². The van der Waals surface area contributed by atoms with E-state index < -0.39 is 0 Å². The van der Waals surface area contributed by atoms with Gasteiger partial charge in [0.1, 0.15) is 5.82 Å². The summed E-state index contributed by atoms with van der Waals surface area (Å²) in [4.78, 5) is 0. The van der Waals surface area contributed by atoms with Crippen LogP contribution in [0.5, 0.6) is 0 Å². The molecule has 0 aromatic heterocycles. The van der Waals surface area contributed by atoms with E-state index in [0.29, 0.717) is 12.1 Å². The number of aliphatic hydroxyl groups excluding tert-OH is 2. The average Bonchev–Trinajstić information content (AvgIpc) is 2.64. The lowest BCUT2D eigenvalue weighted by molar-refractivity contribution is -0.0318. The number of rotatable bonds is 9. The first-order valence-corrected chi connectivity index (χ1v) is 8.60. The summed E-state index contributed by atoms with van der Waals surface area (Å²) in [6.07, 6.45) is 0.261. The first kappa shape index (κ1) is 19.4. The number of aliphatic hydroxyl groups is 2. The van der Waals surface area contributed by atoms with Crippen molar-refractivity contribution in [2.75, 3.05) is 25.1 Å². The van der Waals surface area contributed by atoms with Crippen molar-refractivity contribution in [3.63, 3.8) is 0 Å². The smallest absolute Gasteiger partial charge is 0.131 e. The first-order chi connectivity index (χ1) is 12.1. The first-order valence-electron chi connectivity index (χ1n) is 8.60. The van der Waals surface area contributed by atoms with Gasteiger partial charge in [-0.05, 0) is 31.0 Å². The van der Waals surface area contributed by atoms with E-state index in [-0.39, 0.29) is 31.2 Å². The Balaban J connectivity index is 2.40. The zero-order valence-corrected chi connectivity index (χ0v) is 14.7. The number of nitrogens with one attached hydrogen (secondary N) is 1. The fraction of sp³-hybridized carbons (Fsp3) is 0.400. The Labute approximate surface area is 148 Å². The minimum atomic E-state index is -0.277. The molecule has 0 heterocycles. The Morgan fingerprint density at radius 2 is 1.92 bits per heavy atom. The summed E-state index contributed by atoms with van der Waals surface area (Å²) >= 11 is 0. The maximum atomic E-state index is 14.1. The maximum Gasteiger partial charge on any atom is 0.131 e. The second-order valence-electron chi connectivity index (χ2n) is 5.96. The molecule has 2 aromatic carbocycles. The SMILES string of the molecule is CC[C@@H](O[C@H](C)CO)c1ccc(-c2ccccc2F)cc1NCCO. The van der Waals surface area contributed by atoms with E-state index in [1.165, 1.54) is 6.07 Å². The second-order valence-corrected chi connectivity index (χ2v) is 5.96. The molecule has 136 valence electrons. The maximum absolute atomic E-state index is 14.1. The lowest BCUT2D eigenvalue weighted by Crippen LogP contribution is -2.18. The molecule has 0 spiro atoms. The lowest BCUT2D eigenvalue weighted by atomic mass is 9.98. The normalized spacial score (nSPS) is 13.5. The second kappa shape index (κ2) is 9.51. The van der Waals surface area contributed by atoms with E-state index in [2.05, 4.69) is 5.32 Å². The van der Waals surface area contributed by atoms with Gasteiger partial charge in [0.25, 0.3) is 0 Å². The number of benzene rings is 2. The third-order valence-corrected chi connectivity index (χ3v) is 4.04. The van der Waals surface area contributed by atoms with Gasteiger partial charge in [0.05, 0.1) is 25.4 Å². The zero-order valence-electron chi connectivity index (χ0n) is 14.7. The molecule has 2 rings (SSSR count). The molecule has 2 atom stereocenters. The van der Waals surface area contributed by atoms with Gasteiger partial charge in [-0.2, -0.15) is 0 Å². The molecule has 25 heavy (non-hydrogen) atoms. The van der Waals surface area contributed by atoms with Gasteiger partial charge >= 0.3 is 0 Å². The van der Waals surface area contributed by atoms with Crippen LogP contribution in [0.4, 0.5) is 10.1 Å². The molecule has 2 aromatic rings. The molecular weight excluding hydrogens is 321 g/mol. The number of hydrogen-bond acceptors (Lipinski definition) is 4. The Kier molecular flexibility index (Phi) is 7.37. The lowest BCUT2D eigenvalue weighted by Gasteiger charge is -2.24. The fourth-order valence-electron chi connectivity index (χ4n) is 2.76. The quantitative estimate of drug-likeness (QED) is 0.647. The van der Waals surface area contributed by atoms with Gasteiger partial charge in [0, 0.05) is 23.4 Å². The Bertz CT molecular complexity index is 678. The van der Waals surface area contributed by atoms with Crippen LogP contribution in [0.25, 0.3) is 11.1 Å². The van der Waals surface area contributed by atoms with E-state index in [4.69, 9.17) is 9.84 Å². The molecule has 0 radical (unpaired) electrons. The van der Waals surface area contributed by atoms with Crippen LogP contribution in [0.1, 0.15) is 31.9 Å². The Morgan fingerprint density at radius 3 is 2.56 bits per heavy atom. The standard InChI is InChI=1S/C20H26FNO3/c1-3-20(25-14(2)13-24)17-9-8-15(12-19(17)22-10-11-23)16-6-4-5-7-18(16)21/h4-9,12,14,20,22-24H,3,10-11,13H2,1-2H3/t14-,20-/m1/s1. The summed E-state index contributed by atoms with van der Waals surface area (Å²) in [5, 5.41) is 21.6. The summed E-state index contributed by atoms with van der Waals surface area (Å²) in [5.74, 6) is -0.277. The van der Waals surface area contributed by atoms with E-state index in [1.54, 1.807) is 18.2 Å². The van der Waals surface area contributed by atoms with Crippen molar-refractivity contribution < 1.29 is 19.3 Å². The highest BCUT2D eigenvalue weighted by Gasteiger charge is 2.18. The van der Waals surface area contributed by atoms with Gasteiger partial charge in [0.2, 0.25) is 0 Å². The number of ether oxygens (including phenoxy) is 1. The van der Waals surface area contributed by atoms with Gasteiger partial charge in [-0.25, -0.2) is 4.39 Å². The molecule has 0 saturated heterocycles. The molecule has 0 aliphatic rings. The molecule has 0 unspecified atom stereocenters. The van der Waals surface area contributed by atoms with Crippen LogP contribution in [-0.4, -0.2) is 36.1 Å². The minimum Gasteiger partial charge on any atom is -0.395 e. The predicted octanol–water partition coefficient (Wildman–Crippen LogP) is 3.75. The predicted molar refractivity (Wildman–Crippen MR) is 98.1 cm³/mol. The highest BCUT2D eigenvalue weighted by atomic mass is 19.1. The third kappa shape index (κ3) is 5.01. The van der Waals surface area contributed by atoms with E-state index in [1.807, 2.05) is 32.0 Å². The van der Waals surface area contributed by atoms with Crippen molar-refractivity contribution in [2.45, 2.75) is 32.5 Å². The molecule has 0 aliphatic heterocycles. The number of anilines is 1. The van der Waals surface area contributed by atoms with Crippen molar-refractivity contribution >= 4 is 5.69 Å². The van der Waals surface area contributed by atoms with Gasteiger partial charge < -0.3 is 20.3 Å². The van der Waals surface area contributed by atoms with Gasteiger partial charge in [-0.3, -0.25) is 0 Å². The van der Waals surface area contributed by atoms with Crippen molar-refractivity contribution in [1.82, 2.24) is 0 Å². The molecule has 0 amide bonds. The van der Waals surface area contributed by atoms with E-state index >= 15 is 0 Å². The number of hydrogen-bond donors (Lipinski definition) is 3. The molecule has 0 bridgehead atoms. The monoisotopic (exact) mass is 347 g/mol. The van der Waals surface area contributed by atoms with Crippen LogP contribution >= 0.6 is 0 Å². The minimum absolute atomic E-state index is 0.00590. The molecular formula is C20H26FNO3.